The summed E-state index contributed by atoms with van der Waals surface area (Å²) in [6.45, 7) is -0.116. The number of rotatable bonds is 4. The minimum atomic E-state index is -4.36. The average molecular weight is 183 g/mol. The smallest absolute Gasteiger partial charge is 0.376 e. The quantitative estimate of drug-likeness (QED) is 0.662. The fraction of sp³-hybridized carbons (Fsp3) is 0.857. The second kappa shape index (κ2) is 3.22. The number of hydrogen-bond acceptors (Lipinski definition) is 2. The number of halogens is 3. The molecule has 0 aromatic carbocycles. The van der Waals surface area contributed by atoms with E-state index >= 15 is 0 Å². The first-order valence-electron chi connectivity index (χ1n) is 3.55. The average Bonchev–Trinajstić information content (AvgIpc) is 2.67. The highest BCUT2D eigenvalue weighted by Crippen LogP contribution is 2.39. The molecule has 0 N–H and O–H groups in total. The number of methoxy groups -OCH3 is 1. The Balaban J connectivity index is 2.10. The summed E-state index contributed by atoms with van der Waals surface area (Å²) in [6, 6.07) is 0. The molecule has 1 aliphatic rings. The predicted molar refractivity (Wildman–Crippen MR) is 35.3 cm³/mol. The molecule has 0 spiro atoms. The maximum Gasteiger partial charge on any atom is 0.417 e. The van der Waals surface area contributed by atoms with Crippen molar-refractivity contribution < 1.29 is 22.6 Å². The van der Waals surface area contributed by atoms with E-state index in [-0.39, 0.29) is 13.2 Å². The van der Waals surface area contributed by atoms with Gasteiger partial charge in [-0.2, -0.15) is 13.2 Å². The highest BCUT2D eigenvalue weighted by atomic mass is 19.4. The second-order valence-corrected chi connectivity index (χ2v) is 2.86. The summed E-state index contributed by atoms with van der Waals surface area (Å²) in [5.74, 6) is 0. The van der Waals surface area contributed by atoms with Gasteiger partial charge in [-0.1, -0.05) is 0 Å². The molecule has 0 aromatic rings. The van der Waals surface area contributed by atoms with Gasteiger partial charge in [0.15, 0.2) is 6.61 Å². The van der Waals surface area contributed by atoms with Gasteiger partial charge in [-0.15, -0.1) is 0 Å². The third-order valence-electron chi connectivity index (χ3n) is 1.80. The number of ether oxygens (including phenoxy) is 2. The van der Waals surface area contributed by atoms with Gasteiger partial charge in [-0.3, -0.25) is 0 Å². The number of alkyl halides is 3. The molecule has 0 heterocycles. The van der Waals surface area contributed by atoms with Crippen molar-refractivity contribution in [2.45, 2.75) is 24.6 Å². The maximum atomic E-state index is 11.5. The van der Waals surface area contributed by atoms with E-state index in [1.807, 2.05) is 0 Å². The third kappa shape index (κ3) is 2.98. The minimum absolute atomic E-state index is 0.0109. The largest absolute Gasteiger partial charge is 0.417 e. The van der Waals surface area contributed by atoms with E-state index in [4.69, 9.17) is 4.74 Å². The molecule has 1 radical (unpaired) electrons. The van der Waals surface area contributed by atoms with Crippen LogP contribution >= 0.6 is 0 Å². The summed E-state index contributed by atoms with van der Waals surface area (Å²) in [4.78, 5) is 0. The fourth-order valence-electron chi connectivity index (χ4n) is 0.835. The van der Waals surface area contributed by atoms with E-state index in [1.165, 1.54) is 7.11 Å². The molecule has 0 saturated heterocycles. The Morgan fingerprint density at radius 1 is 1.42 bits per heavy atom. The monoisotopic (exact) mass is 183 g/mol. The lowest BCUT2D eigenvalue weighted by atomic mass is 10.4. The zero-order valence-electron chi connectivity index (χ0n) is 6.65. The molecule has 1 fully saturated rings. The Kier molecular flexibility index (Phi) is 2.63. The molecule has 1 rings (SSSR count). The van der Waals surface area contributed by atoms with E-state index < -0.39 is 11.8 Å². The highest BCUT2D eigenvalue weighted by Gasteiger charge is 2.44. The molecule has 71 valence electrons. The molecule has 5 heteroatoms. The lowest BCUT2D eigenvalue weighted by molar-refractivity contribution is -0.145. The molecule has 0 amide bonds. The topological polar surface area (TPSA) is 18.5 Å². The van der Waals surface area contributed by atoms with Crippen LogP contribution in [0.1, 0.15) is 12.8 Å². The summed E-state index contributed by atoms with van der Waals surface area (Å²) >= 11 is 0. The molecular formula is C7H10F3O2. The van der Waals surface area contributed by atoms with E-state index in [2.05, 4.69) is 4.74 Å². The van der Waals surface area contributed by atoms with Crippen molar-refractivity contribution in [2.75, 3.05) is 13.7 Å². The molecule has 1 saturated carbocycles. The molecule has 0 aromatic heterocycles. The van der Waals surface area contributed by atoms with Crippen LogP contribution in [-0.2, 0) is 9.47 Å². The second-order valence-electron chi connectivity index (χ2n) is 2.86. The first-order chi connectivity index (χ1) is 5.47. The zero-order valence-corrected chi connectivity index (χ0v) is 6.65. The van der Waals surface area contributed by atoms with Crippen molar-refractivity contribution in [3.8, 4) is 0 Å². The van der Waals surface area contributed by atoms with E-state index in [1.54, 1.807) is 0 Å². The van der Waals surface area contributed by atoms with E-state index in [0.717, 1.165) is 12.8 Å². The van der Waals surface area contributed by atoms with Crippen molar-refractivity contribution in [3.05, 3.63) is 6.61 Å². The Morgan fingerprint density at radius 3 is 2.33 bits per heavy atom. The SMILES string of the molecule is COC1(CO[CH]C(F)(F)F)CC1. The molecule has 1 aliphatic carbocycles. The van der Waals surface area contributed by atoms with Crippen LogP contribution in [0.2, 0.25) is 0 Å². The van der Waals surface area contributed by atoms with Crippen molar-refractivity contribution in [2.24, 2.45) is 0 Å². The highest BCUT2D eigenvalue weighted by molar-refractivity contribution is 4.95. The van der Waals surface area contributed by atoms with Crippen LogP contribution in [0, 0.1) is 6.61 Å². The predicted octanol–water partition coefficient (Wildman–Crippen LogP) is 1.91. The van der Waals surface area contributed by atoms with Crippen LogP contribution in [0.4, 0.5) is 13.2 Å². The number of hydrogen-bond donors (Lipinski definition) is 0. The molecule has 0 aliphatic heterocycles. The Labute approximate surface area is 68.6 Å². The Morgan fingerprint density at radius 2 is 2.00 bits per heavy atom. The van der Waals surface area contributed by atoms with Gasteiger partial charge in [0.25, 0.3) is 0 Å². The third-order valence-corrected chi connectivity index (χ3v) is 1.80. The van der Waals surface area contributed by atoms with Gasteiger partial charge in [-0.25, -0.2) is 0 Å². The van der Waals surface area contributed by atoms with Gasteiger partial charge >= 0.3 is 6.18 Å². The standard InChI is InChI=1S/C7H10F3O2/c1-11-6(2-3-6)4-12-5-7(8,9)10/h5H,2-4H2,1H3. The van der Waals surface area contributed by atoms with Crippen LogP contribution in [0.15, 0.2) is 0 Å². The lowest BCUT2D eigenvalue weighted by Gasteiger charge is -2.13. The first kappa shape index (κ1) is 9.80. The van der Waals surface area contributed by atoms with Crippen molar-refractivity contribution in [1.82, 2.24) is 0 Å². The lowest BCUT2D eigenvalue weighted by Crippen LogP contribution is -2.22. The summed E-state index contributed by atoms with van der Waals surface area (Å²) in [7, 11) is 1.48. The van der Waals surface area contributed by atoms with Crippen LogP contribution < -0.4 is 0 Å². The first-order valence-corrected chi connectivity index (χ1v) is 3.55. The van der Waals surface area contributed by atoms with Crippen molar-refractivity contribution >= 4 is 0 Å². The van der Waals surface area contributed by atoms with Gasteiger partial charge in [0.05, 0.1) is 12.2 Å². The molecule has 0 bridgehead atoms. The molecular weight excluding hydrogens is 173 g/mol. The summed E-state index contributed by atoms with van der Waals surface area (Å²) in [6.07, 6.45) is -2.81. The molecule has 0 atom stereocenters. The maximum absolute atomic E-state index is 11.5. The van der Waals surface area contributed by atoms with Gasteiger partial charge in [0.1, 0.15) is 0 Å². The van der Waals surface area contributed by atoms with Crippen LogP contribution in [-0.4, -0.2) is 25.5 Å². The van der Waals surface area contributed by atoms with Crippen LogP contribution in [0.5, 0.6) is 0 Å². The minimum Gasteiger partial charge on any atom is -0.376 e. The summed E-state index contributed by atoms with van der Waals surface area (Å²) < 4.78 is 43.9. The van der Waals surface area contributed by atoms with Gasteiger partial charge in [0, 0.05) is 7.11 Å². The normalized spacial score (nSPS) is 21.0. The van der Waals surface area contributed by atoms with Crippen LogP contribution in [0.25, 0.3) is 0 Å². The van der Waals surface area contributed by atoms with Gasteiger partial charge in [0.2, 0.25) is 0 Å². The molecule has 12 heavy (non-hydrogen) atoms. The Hall–Kier alpha value is -0.290. The fourth-order valence-corrected chi connectivity index (χ4v) is 0.835. The van der Waals surface area contributed by atoms with Gasteiger partial charge < -0.3 is 9.47 Å². The summed E-state index contributed by atoms with van der Waals surface area (Å²) in [5.41, 5.74) is -0.443. The van der Waals surface area contributed by atoms with E-state index in [0.29, 0.717) is 0 Å². The van der Waals surface area contributed by atoms with Crippen LogP contribution in [0.3, 0.4) is 0 Å². The zero-order chi connectivity index (χ0) is 9.24. The van der Waals surface area contributed by atoms with Crippen molar-refractivity contribution in [3.63, 3.8) is 0 Å². The molecule has 2 nitrogen and oxygen atoms in total. The molecule has 0 unspecified atom stereocenters. The van der Waals surface area contributed by atoms with E-state index in [9.17, 15) is 13.2 Å². The summed E-state index contributed by atoms with van der Waals surface area (Å²) in [5, 5.41) is 0. The van der Waals surface area contributed by atoms with Gasteiger partial charge in [-0.05, 0) is 12.8 Å². The van der Waals surface area contributed by atoms with Crippen molar-refractivity contribution in [1.29, 1.82) is 0 Å². The Bertz CT molecular complexity index is 151.